The Bertz CT molecular complexity index is 1150. The summed E-state index contributed by atoms with van der Waals surface area (Å²) in [5.74, 6) is -13.9. The van der Waals surface area contributed by atoms with Crippen molar-refractivity contribution in [2.24, 2.45) is 0 Å². The number of benzene rings is 2. The van der Waals surface area contributed by atoms with E-state index < -0.39 is 46.5 Å². The van der Waals surface area contributed by atoms with Gasteiger partial charge in [0.15, 0.2) is 23.3 Å². The van der Waals surface area contributed by atoms with Gasteiger partial charge in [-0.1, -0.05) is 28.1 Å². The third kappa shape index (κ3) is 4.33. The molecule has 1 amide bonds. The van der Waals surface area contributed by atoms with E-state index in [1.165, 1.54) is 5.38 Å². The van der Waals surface area contributed by atoms with Crippen LogP contribution < -0.4 is 5.32 Å². The van der Waals surface area contributed by atoms with E-state index in [1.807, 2.05) is 0 Å². The van der Waals surface area contributed by atoms with Crippen LogP contribution in [0.1, 0.15) is 27.6 Å². The van der Waals surface area contributed by atoms with Gasteiger partial charge in [-0.05, 0) is 24.6 Å². The van der Waals surface area contributed by atoms with E-state index in [0.717, 1.165) is 15.8 Å². The molecule has 1 heterocycles. The van der Waals surface area contributed by atoms with Crippen LogP contribution in [0.15, 0.2) is 34.1 Å². The summed E-state index contributed by atoms with van der Waals surface area (Å²) in [6.45, 7) is 1.55. The van der Waals surface area contributed by atoms with E-state index in [4.69, 9.17) is 4.74 Å². The van der Waals surface area contributed by atoms with Gasteiger partial charge in [-0.2, -0.15) is 0 Å². The molecule has 0 aliphatic heterocycles. The van der Waals surface area contributed by atoms with Gasteiger partial charge in [0.05, 0.1) is 6.61 Å². The average molecular weight is 520 g/mol. The molecule has 162 valence electrons. The van der Waals surface area contributed by atoms with Crippen molar-refractivity contribution in [2.45, 2.75) is 6.92 Å². The van der Waals surface area contributed by atoms with Crippen LogP contribution in [0.2, 0.25) is 0 Å². The van der Waals surface area contributed by atoms with E-state index in [-0.39, 0.29) is 17.2 Å². The van der Waals surface area contributed by atoms with Crippen molar-refractivity contribution in [1.82, 2.24) is 0 Å². The number of anilines is 1. The first-order chi connectivity index (χ1) is 14.7. The Hall–Kier alpha value is -2.79. The number of carbonyl (C=O) groups excluding carboxylic acids is 2. The second-order valence-electron chi connectivity index (χ2n) is 5.98. The summed E-state index contributed by atoms with van der Waals surface area (Å²) in [4.78, 5) is 24.9. The lowest BCUT2D eigenvalue weighted by atomic mass is 10.0. The largest absolute Gasteiger partial charge is 0.462 e. The molecule has 3 rings (SSSR count). The molecular formula is C20H11BrF5NO3S. The summed E-state index contributed by atoms with van der Waals surface area (Å²) in [6.07, 6.45) is 0. The molecule has 0 spiro atoms. The van der Waals surface area contributed by atoms with Gasteiger partial charge in [0.2, 0.25) is 5.82 Å². The highest BCUT2D eigenvalue weighted by Gasteiger charge is 2.31. The van der Waals surface area contributed by atoms with Gasteiger partial charge in [-0.3, -0.25) is 4.79 Å². The van der Waals surface area contributed by atoms with Crippen LogP contribution in [0.5, 0.6) is 0 Å². The standard InChI is InChI=1S/C20H11BrF5NO3S/c1-2-30-20(29)11-10(8-3-5-9(21)6-4-8)7-31-19(11)27-18(28)12-13(22)15(24)17(26)16(25)14(12)23/h3-7H,2H2,1H3,(H,27,28). The summed E-state index contributed by atoms with van der Waals surface area (Å²) < 4.78 is 73.8. The zero-order valence-electron chi connectivity index (χ0n) is 15.5. The number of esters is 1. The first kappa shape index (κ1) is 22.9. The van der Waals surface area contributed by atoms with E-state index in [0.29, 0.717) is 11.1 Å². The lowest BCUT2D eigenvalue weighted by Crippen LogP contribution is -2.20. The number of ether oxygens (including phenoxy) is 1. The Morgan fingerprint density at radius 3 is 2.03 bits per heavy atom. The maximum absolute atomic E-state index is 14.0. The maximum atomic E-state index is 14.0. The number of thiophene rings is 1. The maximum Gasteiger partial charge on any atom is 0.341 e. The van der Waals surface area contributed by atoms with Gasteiger partial charge in [-0.15, -0.1) is 11.3 Å². The summed E-state index contributed by atoms with van der Waals surface area (Å²) in [5, 5.41) is 3.37. The third-order valence-corrected chi connectivity index (χ3v) is 5.51. The smallest absolute Gasteiger partial charge is 0.341 e. The quantitative estimate of drug-likeness (QED) is 0.186. The van der Waals surface area contributed by atoms with Crippen LogP contribution in [0, 0.1) is 29.1 Å². The van der Waals surface area contributed by atoms with Crippen LogP contribution >= 0.6 is 27.3 Å². The first-order valence-electron chi connectivity index (χ1n) is 8.54. The minimum atomic E-state index is -2.38. The molecule has 0 aliphatic carbocycles. The SMILES string of the molecule is CCOC(=O)c1c(-c2ccc(Br)cc2)csc1NC(=O)c1c(F)c(F)c(F)c(F)c1F. The molecule has 0 aliphatic rings. The van der Waals surface area contributed by atoms with Gasteiger partial charge < -0.3 is 10.1 Å². The summed E-state index contributed by atoms with van der Waals surface area (Å²) in [6, 6.07) is 6.75. The Morgan fingerprint density at radius 1 is 0.935 bits per heavy atom. The number of hydrogen-bond acceptors (Lipinski definition) is 4. The molecule has 0 saturated heterocycles. The van der Waals surface area contributed by atoms with Crippen LogP contribution in [0.3, 0.4) is 0 Å². The van der Waals surface area contributed by atoms with Crippen molar-refractivity contribution in [3.63, 3.8) is 0 Å². The molecule has 0 radical (unpaired) electrons. The van der Waals surface area contributed by atoms with E-state index >= 15 is 0 Å². The molecule has 4 nitrogen and oxygen atoms in total. The van der Waals surface area contributed by atoms with Gasteiger partial charge in [0, 0.05) is 15.4 Å². The Balaban J connectivity index is 2.07. The number of nitrogens with one attached hydrogen (secondary N) is 1. The molecule has 0 unspecified atom stereocenters. The van der Waals surface area contributed by atoms with Gasteiger partial charge >= 0.3 is 5.97 Å². The van der Waals surface area contributed by atoms with Gasteiger partial charge in [-0.25, -0.2) is 26.7 Å². The highest BCUT2D eigenvalue weighted by atomic mass is 79.9. The molecule has 31 heavy (non-hydrogen) atoms. The van der Waals surface area contributed by atoms with E-state index in [1.54, 1.807) is 31.2 Å². The molecule has 0 saturated carbocycles. The van der Waals surface area contributed by atoms with E-state index in [2.05, 4.69) is 21.2 Å². The Morgan fingerprint density at radius 2 is 1.48 bits per heavy atom. The van der Waals surface area contributed by atoms with Gasteiger partial charge in [0.25, 0.3) is 5.91 Å². The summed E-state index contributed by atoms with van der Waals surface area (Å²) in [7, 11) is 0. The molecule has 1 aromatic heterocycles. The van der Waals surface area contributed by atoms with Crippen molar-refractivity contribution in [3.05, 3.63) is 74.3 Å². The lowest BCUT2D eigenvalue weighted by molar-refractivity contribution is 0.0529. The van der Waals surface area contributed by atoms with Crippen LogP contribution in [0.25, 0.3) is 11.1 Å². The number of rotatable bonds is 5. The molecule has 0 bridgehead atoms. The highest BCUT2D eigenvalue weighted by molar-refractivity contribution is 9.10. The predicted octanol–water partition coefficient (Wildman–Crippen LogP) is 6.30. The first-order valence-corrected chi connectivity index (χ1v) is 10.2. The normalized spacial score (nSPS) is 10.8. The Kier molecular flexibility index (Phi) is 6.75. The van der Waals surface area contributed by atoms with Crippen LogP contribution in [-0.2, 0) is 4.74 Å². The summed E-state index contributed by atoms with van der Waals surface area (Å²) in [5.41, 5.74) is -0.862. The fraction of sp³-hybridized carbons (Fsp3) is 0.100. The molecule has 1 N–H and O–H groups in total. The fourth-order valence-corrected chi connectivity index (χ4v) is 3.88. The van der Waals surface area contributed by atoms with Crippen molar-refractivity contribution in [2.75, 3.05) is 11.9 Å². The predicted molar refractivity (Wildman–Crippen MR) is 108 cm³/mol. The minimum absolute atomic E-state index is 0.000511. The highest BCUT2D eigenvalue weighted by Crippen LogP contribution is 2.37. The van der Waals surface area contributed by atoms with Crippen LogP contribution in [-0.4, -0.2) is 18.5 Å². The monoisotopic (exact) mass is 519 g/mol. The third-order valence-electron chi connectivity index (χ3n) is 4.09. The minimum Gasteiger partial charge on any atom is -0.462 e. The van der Waals surface area contributed by atoms with Gasteiger partial charge in [0.1, 0.15) is 16.1 Å². The second kappa shape index (κ2) is 9.15. The molecular weight excluding hydrogens is 509 g/mol. The Labute approximate surface area is 184 Å². The molecule has 0 fully saturated rings. The molecule has 0 atom stereocenters. The zero-order valence-corrected chi connectivity index (χ0v) is 17.9. The average Bonchev–Trinajstić information content (AvgIpc) is 3.15. The second-order valence-corrected chi connectivity index (χ2v) is 7.78. The topological polar surface area (TPSA) is 55.4 Å². The molecule has 2 aromatic carbocycles. The van der Waals surface area contributed by atoms with Crippen molar-refractivity contribution in [1.29, 1.82) is 0 Å². The number of halogens is 6. The molecule has 3 aromatic rings. The van der Waals surface area contributed by atoms with Crippen molar-refractivity contribution in [3.8, 4) is 11.1 Å². The lowest BCUT2D eigenvalue weighted by Gasteiger charge is -2.11. The number of amides is 1. The van der Waals surface area contributed by atoms with Crippen LogP contribution in [0.4, 0.5) is 27.0 Å². The van der Waals surface area contributed by atoms with Crippen molar-refractivity contribution >= 4 is 44.1 Å². The van der Waals surface area contributed by atoms with Crippen molar-refractivity contribution < 1.29 is 36.3 Å². The van der Waals surface area contributed by atoms with E-state index in [9.17, 15) is 31.5 Å². The number of carbonyl (C=O) groups is 2. The molecule has 11 heteroatoms. The fourth-order valence-electron chi connectivity index (χ4n) is 2.67. The zero-order chi connectivity index (χ0) is 22.9. The summed E-state index contributed by atoms with van der Waals surface area (Å²) >= 11 is 4.10. The number of hydrogen-bond donors (Lipinski definition) is 1.